The molecule has 0 bridgehead atoms. The van der Waals surface area contributed by atoms with Gasteiger partial charge >= 0.3 is 0 Å². The zero-order valence-electron chi connectivity index (χ0n) is 12.2. The van der Waals surface area contributed by atoms with Crippen molar-refractivity contribution in [2.45, 2.75) is 6.92 Å². The molecule has 1 aromatic carbocycles. The summed E-state index contributed by atoms with van der Waals surface area (Å²) in [7, 11) is 0. The molecule has 0 radical (unpaired) electrons. The predicted octanol–water partition coefficient (Wildman–Crippen LogP) is 0.664. The molecule has 1 aromatic rings. The Morgan fingerprint density at radius 3 is 2.18 bits per heavy atom. The lowest BCUT2D eigenvalue weighted by Gasteiger charge is -2.34. The zero-order valence-corrected chi connectivity index (χ0v) is 12.2. The van der Waals surface area contributed by atoms with Crippen molar-refractivity contribution in [1.29, 1.82) is 0 Å². The van der Waals surface area contributed by atoms with E-state index >= 15 is 0 Å². The molecule has 1 aliphatic rings. The summed E-state index contributed by atoms with van der Waals surface area (Å²) in [6.07, 6.45) is 0. The lowest BCUT2D eigenvalue weighted by molar-refractivity contribution is -0.384. The van der Waals surface area contributed by atoms with Gasteiger partial charge in [-0.3, -0.25) is 19.7 Å². The Kier molecular flexibility index (Phi) is 4.92. The summed E-state index contributed by atoms with van der Waals surface area (Å²) in [5, 5.41) is 10.5. The first-order valence-corrected chi connectivity index (χ1v) is 6.88. The molecule has 0 spiro atoms. The summed E-state index contributed by atoms with van der Waals surface area (Å²) < 4.78 is 5.34. The van der Waals surface area contributed by atoms with E-state index in [1.807, 2.05) is 0 Å². The third kappa shape index (κ3) is 3.94. The SMILES string of the molecule is CC(=O)N1CCN(C(=O)COc2ccc([N+](=O)[O-])cc2)CC1. The number of hydrogen-bond acceptors (Lipinski definition) is 5. The Balaban J connectivity index is 1.80. The van der Waals surface area contributed by atoms with E-state index in [1.165, 1.54) is 31.2 Å². The highest BCUT2D eigenvalue weighted by molar-refractivity contribution is 5.78. The average molecular weight is 307 g/mol. The van der Waals surface area contributed by atoms with Gasteiger partial charge in [-0.1, -0.05) is 0 Å². The normalized spacial score (nSPS) is 14.6. The van der Waals surface area contributed by atoms with Crippen LogP contribution in [0.2, 0.25) is 0 Å². The molecule has 2 amide bonds. The maximum Gasteiger partial charge on any atom is 0.269 e. The lowest BCUT2D eigenvalue weighted by atomic mass is 10.3. The van der Waals surface area contributed by atoms with Crippen LogP contribution in [0.3, 0.4) is 0 Å². The molecule has 22 heavy (non-hydrogen) atoms. The fraction of sp³-hybridized carbons (Fsp3) is 0.429. The molecule has 1 aliphatic heterocycles. The van der Waals surface area contributed by atoms with Gasteiger partial charge < -0.3 is 14.5 Å². The van der Waals surface area contributed by atoms with Crippen LogP contribution in [-0.4, -0.2) is 59.3 Å². The van der Waals surface area contributed by atoms with E-state index < -0.39 is 4.92 Å². The van der Waals surface area contributed by atoms with Gasteiger partial charge in [0.15, 0.2) is 6.61 Å². The monoisotopic (exact) mass is 307 g/mol. The highest BCUT2D eigenvalue weighted by atomic mass is 16.6. The van der Waals surface area contributed by atoms with Crippen LogP contribution in [0, 0.1) is 10.1 Å². The van der Waals surface area contributed by atoms with Crippen molar-refractivity contribution in [1.82, 2.24) is 9.80 Å². The third-order valence-corrected chi connectivity index (χ3v) is 3.49. The fourth-order valence-electron chi connectivity index (χ4n) is 2.17. The highest BCUT2D eigenvalue weighted by Gasteiger charge is 2.22. The number of rotatable bonds is 4. The summed E-state index contributed by atoms with van der Waals surface area (Å²) in [6.45, 7) is 3.41. The molecule has 118 valence electrons. The second-order valence-electron chi connectivity index (χ2n) is 4.93. The smallest absolute Gasteiger partial charge is 0.269 e. The first-order chi connectivity index (χ1) is 10.5. The van der Waals surface area contributed by atoms with Gasteiger partial charge in [0.05, 0.1) is 4.92 Å². The van der Waals surface area contributed by atoms with Gasteiger partial charge in [-0.05, 0) is 12.1 Å². The van der Waals surface area contributed by atoms with Crippen molar-refractivity contribution in [3.05, 3.63) is 34.4 Å². The first-order valence-electron chi connectivity index (χ1n) is 6.88. The number of nitro benzene ring substituents is 1. The van der Waals surface area contributed by atoms with Crippen LogP contribution in [0.1, 0.15) is 6.92 Å². The summed E-state index contributed by atoms with van der Waals surface area (Å²) in [4.78, 5) is 36.6. The van der Waals surface area contributed by atoms with Crippen LogP contribution in [-0.2, 0) is 9.59 Å². The minimum atomic E-state index is -0.497. The standard InChI is InChI=1S/C14H17N3O5/c1-11(18)15-6-8-16(9-7-15)14(19)10-22-13-4-2-12(3-5-13)17(20)21/h2-5H,6-10H2,1H3. The minimum Gasteiger partial charge on any atom is -0.484 e. The molecule has 1 saturated heterocycles. The molecule has 0 saturated carbocycles. The third-order valence-electron chi connectivity index (χ3n) is 3.49. The van der Waals surface area contributed by atoms with Gasteiger partial charge in [0, 0.05) is 45.2 Å². The summed E-state index contributed by atoms with van der Waals surface area (Å²) >= 11 is 0. The molecular weight excluding hydrogens is 290 g/mol. The van der Waals surface area contributed by atoms with Crippen LogP contribution in [0.4, 0.5) is 5.69 Å². The molecule has 2 rings (SSSR count). The maximum absolute atomic E-state index is 12.0. The molecule has 0 aromatic heterocycles. The largest absolute Gasteiger partial charge is 0.484 e. The number of carbonyl (C=O) groups excluding carboxylic acids is 2. The van der Waals surface area contributed by atoms with E-state index in [-0.39, 0.29) is 24.1 Å². The first kappa shape index (κ1) is 15.7. The van der Waals surface area contributed by atoms with E-state index in [0.29, 0.717) is 31.9 Å². The fourth-order valence-corrected chi connectivity index (χ4v) is 2.17. The van der Waals surface area contributed by atoms with Crippen molar-refractivity contribution in [3.63, 3.8) is 0 Å². The van der Waals surface area contributed by atoms with E-state index in [0.717, 1.165) is 0 Å². The number of hydrogen-bond donors (Lipinski definition) is 0. The average Bonchev–Trinajstić information content (AvgIpc) is 2.53. The van der Waals surface area contributed by atoms with E-state index in [1.54, 1.807) is 9.80 Å². The second-order valence-corrected chi connectivity index (χ2v) is 4.93. The van der Waals surface area contributed by atoms with Crippen LogP contribution < -0.4 is 4.74 Å². The Morgan fingerprint density at radius 2 is 1.68 bits per heavy atom. The molecule has 8 heteroatoms. The van der Waals surface area contributed by atoms with Crippen molar-refractivity contribution in [2.75, 3.05) is 32.8 Å². The number of piperazine rings is 1. The van der Waals surface area contributed by atoms with Gasteiger partial charge in [-0.25, -0.2) is 0 Å². The lowest BCUT2D eigenvalue weighted by Crippen LogP contribution is -2.51. The molecular formula is C14H17N3O5. The number of ether oxygens (including phenoxy) is 1. The van der Waals surface area contributed by atoms with Crippen LogP contribution in [0.5, 0.6) is 5.75 Å². The van der Waals surface area contributed by atoms with Crippen molar-refractivity contribution in [2.24, 2.45) is 0 Å². The number of non-ortho nitro benzene ring substituents is 1. The molecule has 0 N–H and O–H groups in total. The number of nitrogens with zero attached hydrogens (tertiary/aromatic N) is 3. The Morgan fingerprint density at radius 1 is 1.14 bits per heavy atom. The predicted molar refractivity (Wildman–Crippen MR) is 77.4 cm³/mol. The topological polar surface area (TPSA) is 93.0 Å². The van der Waals surface area contributed by atoms with Crippen LogP contribution in [0.25, 0.3) is 0 Å². The Hall–Kier alpha value is -2.64. The van der Waals surface area contributed by atoms with E-state index in [9.17, 15) is 19.7 Å². The Bertz CT molecular complexity index is 564. The summed E-state index contributed by atoms with van der Waals surface area (Å²) in [5.74, 6) is 0.247. The van der Waals surface area contributed by atoms with Gasteiger partial charge in [-0.15, -0.1) is 0 Å². The van der Waals surface area contributed by atoms with E-state index in [2.05, 4.69) is 0 Å². The number of benzene rings is 1. The molecule has 0 aliphatic carbocycles. The number of nitro groups is 1. The Labute approximate surface area is 127 Å². The van der Waals surface area contributed by atoms with Crippen molar-refractivity contribution >= 4 is 17.5 Å². The molecule has 1 fully saturated rings. The highest BCUT2D eigenvalue weighted by Crippen LogP contribution is 2.17. The molecule has 0 atom stereocenters. The van der Waals surface area contributed by atoms with Gasteiger partial charge in [-0.2, -0.15) is 0 Å². The maximum atomic E-state index is 12.0. The second kappa shape index (κ2) is 6.88. The molecule has 1 heterocycles. The number of amides is 2. The van der Waals surface area contributed by atoms with Crippen molar-refractivity contribution < 1.29 is 19.2 Å². The zero-order chi connectivity index (χ0) is 16.1. The van der Waals surface area contributed by atoms with Crippen molar-refractivity contribution in [3.8, 4) is 5.75 Å². The minimum absolute atomic E-state index is 0.00855. The van der Waals surface area contributed by atoms with E-state index in [4.69, 9.17) is 4.74 Å². The summed E-state index contributed by atoms with van der Waals surface area (Å²) in [5.41, 5.74) is -0.0287. The van der Waals surface area contributed by atoms with Crippen LogP contribution >= 0.6 is 0 Å². The van der Waals surface area contributed by atoms with Gasteiger partial charge in [0.1, 0.15) is 5.75 Å². The van der Waals surface area contributed by atoms with Gasteiger partial charge in [0.25, 0.3) is 11.6 Å². The van der Waals surface area contributed by atoms with Gasteiger partial charge in [0.2, 0.25) is 5.91 Å². The van der Waals surface area contributed by atoms with Crippen LogP contribution in [0.15, 0.2) is 24.3 Å². The quantitative estimate of drug-likeness (QED) is 0.602. The number of carbonyl (C=O) groups is 2. The molecule has 0 unspecified atom stereocenters. The molecule has 8 nitrogen and oxygen atoms in total. The summed E-state index contributed by atoms with van der Waals surface area (Å²) in [6, 6.07) is 5.56.